The standard InChI is InChI=1S/C17H14FN3O3/c1-23-15-7-12(2-3-13(15)18)14-8-16(20-10-19-14)21-17(22)6-11-4-5-24-9-11/h2-5,7-10H,6H2,1H3,(H,19,20,21,22). The number of carbonyl (C=O) groups is 1. The van der Waals surface area contributed by atoms with Gasteiger partial charge in [0.05, 0.1) is 31.8 Å². The molecule has 6 nitrogen and oxygen atoms in total. The van der Waals surface area contributed by atoms with Gasteiger partial charge in [-0.05, 0) is 29.8 Å². The number of rotatable bonds is 5. The number of hydrogen-bond acceptors (Lipinski definition) is 5. The molecular formula is C17H14FN3O3. The molecule has 7 heteroatoms. The Morgan fingerprint density at radius 3 is 2.92 bits per heavy atom. The van der Waals surface area contributed by atoms with Crippen LogP contribution in [0.15, 0.2) is 53.6 Å². The van der Waals surface area contributed by atoms with Gasteiger partial charge in [-0.2, -0.15) is 0 Å². The van der Waals surface area contributed by atoms with Gasteiger partial charge < -0.3 is 14.5 Å². The molecular weight excluding hydrogens is 313 g/mol. The van der Waals surface area contributed by atoms with E-state index in [1.54, 1.807) is 18.2 Å². The summed E-state index contributed by atoms with van der Waals surface area (Å²) in [4.78, 5) is 20.2. The summed E-state index contributed by atoms with van der Waals surface area (Å²) >= 11 is 0. The number of hydrogen-bond donors (Lipinski definition) is 1. The molecule has 1 aromatic carbocycles. The van der Waals surface area contributed by atoms with Crippen LogP contribution >= 0.6 is 0 Å². The zero-order valence-electron chi connectivity index (χ0n) is 12.8. The van der Waals surface area contributed by atoms with E-state index in [4.69, 9.17) is 9.15 Å². The molecule has 2 heterocycles. The smallest absolute Gasteiger partial charge is 0.230 e. The van der Waals surface area contributed by atoms with E-state index in [-0.39, 0.29) is 18.1 Å². The number of benzene rings is 1. The van der Waals surface area contributed by atoms with Crippen molar-refractivity contribution in [2.24, 2.45) is 0 Å². The fourth-order valence-electron chi connectivity index (χ4n) is 2.17. The predicted octanol–water partition coefficient (Wildman–Crippen LogP) is 3.07. The van der Waals surface area contributed by atoms with E-state index in [0.29, 0.717) is 17.1 Å². The fraction of sp³-hybridized carbons (Fsp3) is 0.118. The highest BCUT2D eigenvalue weighted by molar-refractivity contribution is 5.91. The fourth-order valence-corrected chi connectivity index (χ4v) is 2.17. The number of nitrogens with zero attached hydrogens (tertiary/aromatic N) is 2. The molecule has 0 fully saturated rings. The molecule has 0 radical (unpaired) electrons. The van der Waals surface area contributed by atoms with Crippen LogP contribution in [0, 0.1) is 5.82 Å². The number of furan rings is 1. The van der Waals surface area contributed by atoms with Crippen LogP contribution in [0.3, 0.4) is 0 Å². The SMILES string of the molecule is COc1cc(-c2cc(NC(=O)Cc3ccoc3)ncn2)ccc1F. The molecule has 24 heavy (non-hydrogen) atoms. The van der Waals surface area contributed by atoms with Crippen molar-refractivity contribution in [2.75, 3.05) is 12.4 Å². The van der Waals surface area contributed by atoms with Gasteiger partial charge in [0.15, 0.2) is 11.6 Å². The summed E-state index contributed by atoms with van der Waals surface area (Å²) in [5.74, 6) is -0.199. The summed E-state index contributed by atoms with van der Waals surface area (Å²) in [7, 11) is 1.39. The monoisotopic (exact) mass is 327 g/mol. The minimum atomic E-state index is -0.455. The zero-order valence-corrected chi connectivity index (χ0v) is 12.8. The summed E-state index contributed by atoms with van der Waals surface area (Å²) in [5, 5.41) is 2.69. The molecule has 0 unspecified atom stereocenters. The van der Waals surface area contributed by atoms with E-state index >= 15 is 0 Å². The van der Waals surface area contributed by atoms with Crippen molar-refractivity contribution in [1.82, 2.24) is 9.97 Å². The van der Waals surface area contributed by atoms with E-state index in [1.165, 1.54) is 38.1 Å². The van der Waals surface area contributed by atoms with E-state index in [9.17, 15) is 9.18 Å². The lowest BCUT2D eigenvalue weighted by atomic mass is 10.1. The topological polar surface area (TPSA) is 77.2 Å². The van der Waals surface area contributed by atoms with Crippen molar-refractivity contribution in [3.63, 3.8) is 0 Å². The Morgan fingerprint density at radius 2 is 2.17 bits per heavy atom. The van der Waals surface area contributed by atoms with Crippen LogP contribution in [-0.2, 0) is 11.2 Å². The number of carbonyl (C=O) groups excluding carboxylic acids is 1. The molecule has 0 saturated heterocycles. The van der Waals surface area contributed by atoms with Crippen LogP contribution < -0.4 is 10.1 Å². The third kappa shape index (κ3) is 3.57. The lowest BCUT2D eigenvalue weighted by molar-refractivity contribution is -0.115. The van der Waals surface area contributed by atoms with Crippen LogP contribution in [0.25, 0.3) is 11.3 Å². The van der Waals surface area contributed by atoms with Gasteiger partial charge in [-0.25, -0.2) is 14.4 Å². The molecule has 0 aliphatic heterocycles. The molecule has 0 spiro atoms. The molecule has 0 aliphatic carbocycles. The second-order valence-electron chi connectivity index (χ2n) is 4.99. The first-order valence-corrected chi connectivity index (χ1v) is 7.12. The highest BCUT2D eigenvalue weighted by atomic mass is 19.1. The van der Waals surface area contributed by atoms with E-state index < -0.39 is 5.82 Å². The molecule has 1 N–H and O–H groups in total. The van der Waals surface area contributed by atoms with Crippen LogP contribution in [-0.4, -0.2) is 23.0 Å². The van der Waals surface area contributed by atoms with E-state index in [1.807, 2.05) is 0 Å². The summed E-state index contributed by atoms with van der Waals surface area (Å²) in [6, 6.07) is 7.75. The van der Waals surface area contributed by atoms with Crippen molar-refractivity contribution < 1.29 is 18.3 Å². The van der Waals surface area contributed by atoms with Gasteiger partial charge >= 0.3 is 0 Å². The molecule has 3 rings (SSSR count). The minimum absolute atomic E-state index is 0.122. The van der Waals surface area contributed by atoms with Gasteiger partial charge in [0.2, 0.25) is 5.91 Å². The average Bonchev–Trinajstić information content (AvgIpc) is 3.08. The van der Waals surface area contributed by atoms with Crippen molar-refractivity contribution in [1.29, 1.82) is 0 Å². The third-order valence-corrected chi connectivity index (χ3v) is 3.33. The molecule has 2 aromatic heterocycles. The van der Waals surface area contributed by atoms with Gasteiger partial charge in [0, 0.05) is 11.6 Å². The Balaban J connectivity index is 1.77. The van der Waals surface area contributed by atoms with Crippen molar-refractivity contribution in [3.8, 4) is 17.0 Å². The molecule has 0 atom stereocenters. The second-order valence-corrected chi connectivity index (χ2v) is 4.99. The molecule has 1 amide bonds. The van der Waals surface area contributed by atoms with Gasteiger partial charge in [0.1, 0.15) is 12.1 Å². The van der Waals surface area contributed by atoms with Gasteiger partial charge in [-0.3, -0.25) is 4.79 Å². The first-order chi connectivity index (χ1) is 11.7. The maximum Gasteiger partial charge on any atom is 0.230 e. The largest absolute Gasteiger partial charge is 0.494 e. The van der Waals surface area contributed by atoms with Gasteiger partial charge in [0.25, 0.3) is 0 Å². The van der Waals surface area contributed by atoms with Crippen molar-refractivity contribution in [3.05, 3.63) is 60.6 Å². The summed E-state index contributed by atoms with van der Waals surface area (Å²) in [6.45, 7) is 0. The van der Waals surface area contributed by atoms with Crippen LogP contribution in [0.5, 0.6) is 5.75 Å². The normalized spacial score (nSPS) is 10.4. The number of methoxy groups -OCH3 is 1. The van der Waals surface area contributed by atoms with Gasteiger partial charge in [-0.1, -0.05) is 0 Å². The highest BCUT2D eigenvalue weighted by Gasteiger charge is 2.10. The second kappa shape index (κ2) is 6.91. The van der Waals surface area contributed by atoms with Crippen LogP contribution in [0.1, 0.15) is 5.56 Å². The number of aromatic nitrogens is 2. The maximum atomic E-state index is 13.5. The summed E-state index contributed by atoms with van der Waals surface area (Å²) in [6.07, 6.45) is 4.53. The van der Waals surface area contributed by atoms with Crippen LogP contribution in [0.2, 0.25) is 0 Å². The average molecular weight is 327 g/mol. The van der Waals surface area contributed by atoms with Crippen molar-refractivity contribution >= 4 is 11.7 Å². The Bertz CT molecular complexity index is 850. The Hall–Kier alpha value is -3.22. The number of nitrogens with one attached hydrogen (secondary N) is 1. The number of anilines is 1. The molecule has 0 saturated carbocycles. The summed E-state index contributed by atoms with van der Waals surface area (Å²) < 4.78 is 23.4. The summed E-state index contributed by atoms with van der Waals surface area (Å²) in [5.41, 5.74) is 1.97. The molecule has 122 valence electrons. The number of halogens is 1. The lowest BCUT2D eigenvalue weighted by Crippen LogP contribution is -2.15. The van der Waals surface area contributed by atoms with E-state index in [0.717, 1.165) is 5.56 Å². The maximum absolute atomic E-state index is 13.5. The lowest BCUT2D eigenvalue weighted by Gasteiger charge is -2.07. The molecule has 0 bridgehead atoms. The zero-order chi connectivity index (χ0) is 16.9. The highest BCUT2D eigenvalue weighted by Crippen LogP contribution is 2.25. The number of ether oxygens (including phenoxy) is 1. The van der Waals surface area contributed by atoms with Crippen molar-refractivity contribution in [2.45, 2.75) is 6.42 Å². The Morgan fingerprint density at radius 1 is 1.29 bits per heavy atom. The molecule has 3 aromatic rings. The minimum Gasteiger partial charge on any atom is -0.494 e. The first-order valence-electron chi connectivity index (χ1n) is 7.12. The number of amides is 1. The van der Waals surface area contributed by atoms with E-state index in [2.05, 4.69) is 15.3 Å². The van der Waals surface area contributed by atoms with Crippen LogP contribution in [0.4, 0.5) is 10.2 Å². The quantitative estimate of drug-likeness (QED) is 0.779. The predicted molar refractivity (Wildman–Crippen MR) is 85.0 cm³/mol. The third-order valence-electron chi connectivity index (χ3n) is 3.33. The van der Waals surface area contributed by atoms with Gasteiger partial charge in [-0.15, -0.1) is 0 Å². The first kappa shape index (κ1) is 15.7. The Labute approximate surface area is 137 Å². The molecule has 0 aliphatic rings. The Kier molecular flexibility index (Phi) is 4.51.